The third-order valence-corrected chi connectivity index (χ3v) is 6.24. The molecule has 0 atom stereocenters. The number of hydrogen-bond donors (Lipinski definition) is 1. The Labute approximate surface area is 179 Å². The summed E-state index contributed by atoms with van der Waals surface area (Å²) in [6.45, 7) is 0.716. The van der Waals surface area contributed by atoms with Gasteiger partial charge in [-0.3, -0.25) is 14.2 Å². The maximum atomic E-state index is 13.0. The minimum absolute atomic E-state index is 0.131. The molecule has 1 aromatic carbocycles. The van der Waals surface area contributed by atoms with Gasteiger partial charge in [-0.2, -0.15) is 0 Å². The fraction of sp³-hybridized carbons (Fsp3) is 0.150. The number of nitrogens with zero attached hydrogens (tertiary/aromatic N) is 2. The number of benzene rings is 1. The van der Waals surface area contributed by atoms with Crippen molar-refractivity contribution in [2.24, 2.45) is 0 Å². The van der Waals surface area contributed by atoms with E-state index < -0.39 is 0 Å². The van der Waals surface area contributed by atoms with Crippen LogP contribution in [0.4, 0.5) is 0 Å². The van der Waals surface area contributed by atoms with Crippen LogP contribution in [0.3, 0.4) is 0 Å². The van der Waals surface area contributed by atoms with Gasteiger partial charge in [0.1, 0.15) is 5.76 Å². The Morgan fingerprint density at radius 2 is 2.17 bits per heavy atom. The number of carbonyl (C=O) groups is 1. The molecule has 4 aromatic rings. The van der Waals surface area contributed by atoms with Gasteiger partial charge >= 0.3 is 0 Å². The van der Waals surface area contributed by atoms with Crippen LogP contribution in [0.15, 0.2) is 68.5 Å². The molecule has 6 nitrogen and oxygen atoms in total. The zero-order valence-electron chi connectivity index (χ0n) is 15.1. The predicted octanol–water partition coefficient (Wildman–Crippen LogP) is 4.16. The van der Waals surface area contributed by atoms with E-state index in [9.17, 15) is 9.59 Å². The van der Waals surface area contributed by atoms with Gasteiger partial charge in [0.2, 0.25) is 5.91 Å². The molecule has 148 valence electrons. The first-order valence-corrected chi connectivity index (χ1v) is 11.0. The standard InChI is InChI=1S/C20H16ClN3O3S2/c21-13-5-6-16-17(9-13)23-20(24(19(16)26)11-14-3-1-7-27-14)29-12-18(25)22-10-15-4-2-8-28-15/h1-9H,10-12H2,(H,22,25). The molecule has 0 fully saturated rings. The van der Waals surface area contributed by atoms with Crippen LogP contribution in [0.5, 0.6) is 0 Å². The van der Waals surface area contributed by atoms with Crippen LogP contribution in [-0.2, 0) is 17.9 Å². The molecule has 0 spiro atoms. The minimum Gasteiger partial charge on any atom is -0.467 e. The SMILES string of the molecule is O=C(CSc1nc2cc(Cl)ccc2c(=O)n1Cc1ccco1)NCc1cccs1. The van der Waals surface area contributed by atoms with Gasteiger partial charge in [0, 0.05) is 9.90 Å². The predicted molar refractivity (Wildman–Crippen MR) is 116 cm³/mol. The summed E-state index contributed by atoms with van der Waals surface area (Å²) in [6, 6.07) is 12.4. The molecule has 0 bridgehead atoms. The number of rotatable bonds is 7. The number of aromatic nitrogens is 2. The van der Waals surface area contributed by atoms with E-state index >= 15 is 0 Å². The quantitative estimate of drug-likeness (QED) is 0.341. The number of furan rings is 1. The van der Waals surface area contributed by atoms with Crippen molar-refractivity contribution >= 4 is 51.5 Å². The average molecular weight is 446 g/mol. The van der Waals surface area contributed by atoms with Gasteiger partial charge in [-0.25, -0.2) is 4.98 Å². The van der Waals surface area contributed by atoms with Crippen LogP contribution < -0.4 is 10.9 Å². The Bertz CT molecular complexity index is 1190. The minimum atomic E-state index is -0.204. The smallest absolute Gasteiger partial charge is 0.262 e. The summed E-state index contributed by atoms with van der Waals surface area (Å²) in [4.78, 5) is 31.0. The second-order valence-electron chi connectivity index (χ2n) is 6.17. The van der Waals surface area contributed by atoms with Crippen molar-refractivity contribution in [2.45, 2.75) is 18.2 Å². The third kappa shape index (κ3) is 4.72. The lowest BCUT2D eigenvalue weighted by atomic mass is 10.2. The zero-order valence-corrected chi connectivity index (χ0v) is 17.5. The molecule has 0 unspecified atom stereocenters. The van der Waals surface area contributed by atoms with Crippen LogP contribution >= 0.6 is 34.7 Å². The Hall–Kier alpha value is -2.55. The highest BCUT2D eigenvalue weighted by molar-refractivity contribution is 7.99. The average Bonchev–Trinajstić information content (AvgIpc) is 3.41. The van der Waals surface area contributed by atoms with E-state index in [2.05, 4.69) is 10.3 Å². The van der Waals surface area contributed by atoms with Crippen molar-refractivity contribution < 1.29 is 9.21 Å². The number of fused-ring (bicyclic) bond motifs is 1. The van der Waals surface area contributed by atoms with Crippen LogP contribution in [0, 0.1) is 0 Å². The van der Waals surface area contributed by atoms with E-state index in [-0.39, 0.29) is 23.8 Å². The Morgan fingerprint density at radius 3 is 2.93 bits per heavy atom. The Kier molecular flexibility index (Phi) is 6.03. The molecule has 0 aliphatic heterocycles. The molecule has 0 saturated heterocycles. The summed E-state index contributed by atoms with van der Waals surface area (Å²) in [5.74, 6) is 0.641. The van der Waals surface area contributed by atoms with Crippen molar-refractivity contribution in [3.63, 3.8) is 0 Å². The first-order valence-electron chi connectivity index (χ1n) is 8.74. The normalized spacial score (nSPS) is 11.1. The molecule has 4 rings (SSSR count). The number of nitrogens with one attached hydrogen (secondary N) is 1. The molecule has 1 amide bonds. The molecule has 29 heavy (non-hydrogen) atoms. The van der Waals surface area contributed by atoms with Gasteiger partial charge in [-0.05, 0) is 41.8 Å². The highest BCUT2D eigenvalue weighted by Crippen LogP contribution is 2.21. The first-order chi connectivity index (χ1) is 14.1. The van der Waals surface area contributed by atoms with Crippen molar-refractivity contribution in [1.82, 2.24) is 14.9 Å². The molecule has 0 saturated carbocycles. The van der Waals surface area contributed by atoms with E-state index in [0.717, 1.165) is 4.88 Å². The number of thiophene rings is 1. The maximum absolute atomic E-state index is 13.0. The summed E-state index contributed by atoms with van der Waals surface area (Å²) in [6.07, 6.45) is 1.56. The fourth-order valence-corrected chi connectivity index (χ4v) is 4.40. The number of amides is 1. The number of halogens is 1. The lowest BCUT2D eigenvalue weighted by Crippen LogP contribution is -2.26. The summed E-state index contributed by atoms with van der Waals surface area (Å²) < 4.78 is 6.91. The van der Waals surface area contributed by atoms with Gasteiger partial charge in [-0.15, -0.1) is 11.3 Å². The molecular weight excluding hydrogens is 430 g/mol. The van der Waals surface area contributed by atoms with Crippen LogP contribution in [0.25, 0.3) is 10.9 Å². The molecule has 9 heteroatoms. The molecule has 1 N–H and O–H groups in total. The Morgan fingerprint density at radius 1 is 1.28 bits per heavy atom. The van der Waals surface area contributed by atoms with Gasteiger partial charge in [0.15, 0.2) is 5.16 Å². The van der Waals surface area contributed by atoms with E-state index in [4.69, 9.17) is 16.0 Å². The number of thioether (sulfide) groups is 1. The third-order valence-electron chi connectivity index (χ3n) is 4.15. The van der Waals surface area contributed by atoms with Crippen molar-refractivity contribution in [3.8, 4) is 0 Å². The van der Waals surface area contributed by atoms with E-state index in [1.54, 1.807) is 47.9 Å². The zero-order chi connectivity index (χ0) is 20.2. The maximum Gasteiger partial charge on any atom is 0.262 e. The lowest BCUT2D eigenvalue weighted by Gasteiger charge is -2.12. The van der Waals surface area contributed by atoms with Crippen LogP contribution in [-0.4, -0.2) is 21.2 Å². The van der Waals surface area contributed by atoms with Crippen LogP contribution in [0.2, 0.25) is 5.02 Å². The second kappa shape index (κ2) is 8.86. The van der Waals surface area contributed by atoms with Crippen molar-refractivity contribution in [1.29, 1.82) is 0 Å². The van der Waals surface area contributed by atoms with Gasteiger partial charge in [0.05, 0.1) is 36.0 Å². The molecule has 0 radical (unpaired) electrons. The summed E-state index contributed by atoms with van der Waals surface area (Å²) in [5, 5.41) is 6.24. The van der Waals surface area contributed by atoms with Gasteiger partial charge in [-0.1, -0.05) is 29.4 Å². The fourth-order valence-electron chi connectivity index (χ4n) is 2.76. The van der Waals surface area contributed by atoms with Crippen molar-refractivity contribution in [2.75, 3.05) is 5.75 Å². The molecular formula is C20H16ClN3O3S2. The monoisotopic (exact) mass is 445 g/mol. The second-order valence-corrected chi connectivity index (χ2v) is 8.58. The van der Waals surface area contributed by atoms with Gasteiger partial charge in [0.25, 0.3) is 5.56 Å². The first kappa shape index (κ1) is 19.8. The topological polar surface area (TPSA) is 77.1 Å². The van der Waals surface area contributed by atoms with E-state index in [1.165, 1.54) is 16.3 Å². The summed E-state index contributed by atoms with van der Waals surface area (Å²) >= 11 is 8.86. The largest absolute Gasteiger partial charge is 0.467 e. The van der Waals surface area contributed by atoms with Crippen molar-refractivity contribution in [3.05, 3.63) is 80.1 Å². The molecule has 0 aliphatic rings. The summed E-state index contributed by atoms with van der Waals surface area (Å²) in [5.41, 5.74) is 0.296. The highest BCUT2D eigenvalue weighted by atomic mass is 35.5. The Balaban J connectivity index is 1.58. The molecule has 0 aliphatic carbocycles. The lowest BCUT2D eigenvalue weighted by molar-refractivity contribution is -0.118. The van der Waals surface area contributed by atoms with E-state index in [0.29, 0.717) is 33.4 Å². The molecule has 3 aromatic heterocycles. The molecule has 3 heterocycles. The number of hydrogen-bond acceptors (Lipinski definition) is 6. The van der Waals surface area contributed by atoms with E-state index in [1.807, 2.05) is 17.5 Å². The highest BCUT2D eigenvalue weighted by Gasteiger charge is 2.15. The summed E-state index contributed by atoms with van der Waals surface area (Å²) in [7, 11) is 0. The van der Waals surface area contributed by atoms with Crippen LogP contribution in [0.1, 0.15) is 10.6 Å². The number of carbonyl (C=O) groups excluding carboxylic acids is 1. The van der Waals surface area contributed by atoms with Gasteiger partial charge < -0.3 is 9.73 Å².